The molecule has 2 aliphatic rings. The van der Waals surface area contributed by atoms with Gasteiger partial charge in [0.2, 0.25) is 5.91 Å². The van der Waals surface area contributed by atoms with Gasteiger partial charge in [0.15, 0.2) is 0 Å². The Hall–Kier alpha value is -4.17. The molecule has 1 saturated heterocycles. The van der Waals surface area contributed by atoms with Gasteiger partial charge in [-0.05, 0) is 46.6 Å². The molecule has 2 unspecified atom stereocenters. The number of rotatable bonds is 10. The fourth-order valence-electron chi connectivity index (χ4n) is 5.95. The number of carboxylic acids is 1. The van der Waals surface area contributed by atoms with Gasteiger partial charge in [-0.15, -0.1) is 0 Å². The number of hydrogen-bond acceptors (Lipinski definition) is 5. The van der Waals surface area contributed by atoms with E-state index in [0.29, 0.717) is 13.1 Å². The molecule has 2 N–H and O–H groups in total. The minimum atomic E-state index is -0.995. The van der Waals surface area contributed by atoms with Crippen LogP contribution >= 0.6 is 0 Å². The number of hydrogen-bond donors (Lipinski definition) is 2. The van der Waals surface area contributed by atoms with Crippen LogP contribution in [0.25, 0.3) is 11.1 Å². The van der Waals surface area contributed by atoms with Crippen LogP contribution in [0.4, 0.5) is 4.79 Å². The molecule has 41 heavy (non-hydrogen) atoms. The second-order valence-electron chi connectivity index (χ2n) is 11.0. The Kier molecular flexibility index (Phi) is 8.69. The van der Waals surface area contributed by atoms with E-state index in [1.807, 2.05) is 61.5 Å². The molecule has 0 aromatic heterocycles. The molecule has 3 aromatic carbocycles. The van der Waals surface area contributed by atoms with Gasteiger partial charge < -0.3 is 24.8 Å². The molecule has 214 valence electrons. The van der Waals surface area contributed by atoms with E-state index in [0.717, 1.165) is 27.8 Å². The number of amides is 2. The van der Waals surface area contributed by atoms with Gasteiger partial charge in [0.25, 0.3) is 0 Å². The number of aliphatic carboxylic acids is 1. The molecular formula is C33H36N2O6. The lowest BCUT2D eigenvalue weighted by Crippen LogP contribution is -2.54. The molecule has 1 aliphatic carbocycles. The molecule has 0 bridgehead atoms. The molecule has 3 aromatic rings. The molecule has 1 aliphatic heterocycles. The molecule has 8 nitrogen and oxygen atoms in total. The van der Waals surface area contributed by atoms with Crippen molar-refractivity contribution >= 4 is 18.0 Å². The first-order valence-electron chi connectivity index (χ1n) is 14.1. The standard InChI is InChI=1S/C33H36N2O6/c1-21-17-35(18-24(21)16-30(36)37)32(38)31(22(2)40-19-23-10-4-3-5-11-23)34-33(39)41-20-29-27-14-8-6-12-25(27)26-13-7-9-15-28(26)29/h3-15,21-22,24,29,31H,16-20H2,1-2H3,(H,34,39)(H,36,37)/t21-,22?,24-,31?/m1/s1. The molecule has 1 fully saturated rings. The van der Waals surface area contributed by atoms with Crippen molar-refractivity contribution in [2.75, 3.05) is 19.7 Å². The Balaban J connectivity index is 1.28. The maximum Gasteiger partial charge on any atom is 0.407 e. The van der Waals surface area contributed by atoms with Crippen molar-refractivity contribution in [3.63, 3.8) is 0 Å². The van der Waals surface area contributed by atoms with Crippen molar-refractivity contribution in [1.82, 2.24) is 10.2 Å². The summed E-state index contributed by atoms with van der Waals surface area (Å²) >= 11 is 0. The summed E-state index contributed by atoms with van der Waals surface area (Å²) in [6, 6.07) is 24.8. The smallest absolute Gasteiger partial charge is 0.407 e. The van der Waals surface area contributed by atoms with E-state index in [1.165, 1.54) is 0 Å². The number of nitrogens with one attached hydrogen (secondary N) is 1. The monoisotopic (exact) mass is 556 g/mol. The van der Waals surface area contributed by atoms with Gasteiger partial charge in [-0.25, -0.2) is 4.79 Å². The largest absolute Gasteiger partial charge is 0.481 e. The molecule has 1 heterocycles. The van der Waals surface area contributed by atoms with Crippen LogP contribution in [0, 0.1) is 11.8 Å². The Morgan fingerprint density at radius 1 is 0.927 bits per heavy atom. The van der Waals surface area contributed by atoms with E-state index < -0.39 is 24.2 Å². The van der Waals surface area contributed by atoms with Crippen LogP contribution in [-0.4, -0.2) is 59.8 Å². The average molecular weight is 557 g/mol. The molecule has 8 heteroatoms. The average Bonchev–Trinajstić information content (AvgIpc) is 3.50. The van der Waals surface area contributed by atoms with Crippen molar-refractivity contribution < 1.29 is 29.0 Å². The highest BCUT2D eigenvalue weighted by Crippen LogP contribution is 2.44. The van der Waals surface area contributed by atoms with Crippen molar-refractivity contribution in [3.8, 4) is 11.1 Å². The van der Waals surface area contributed by atoms with Crippen LogP contribution in [0.5, 0.6) is 0 Å². The maximum absolute atomic E-state index is 13.7. The first kappa shape index (κ1) is 28.4. The van der Waals surface area contributed by atoms with Gasteiger partial charge in [0, 0.05) is 19.0 Å². The van der Waals surface area contributed by atoms with Crippen LogP contribution in [-0.2, 0) is 25.7 Å². The Bertz CT molecular complexity index is 1350. The lowest BCUT2D eigenvalue weighted by Gasteiger charge is -2.29. The number of fused-ring (bicyclic) bond motifs is 3. The summed E-state index contributed by atoms with van der Waals surface area (Å²) in [4.78, 5) is 39.9. The number of alkyl carbamates (subject to hydrolysis) is 1. The normalized spacial score (nSPS) is 19.2. The number of carbonyl (C=O) groups is 3. The highest BCUT2D eigenvalue weighted by molar-refractivity contribution is 5.87. The zero-order valence-electron chi connectivity index (χ0n) is 23.4. The summed E-state index contributed by atoms with van der Waals surface area (Å²) in [6.45, 7) is 4.84. The number of ether oxygens (including phenoxy) is 2. The number of carbonyl (C=O) groups excluding carboxylic acids is 2. The fraction of sp³-hybridized carbons (Fsp3) is 0.364. The Morgan fingerprint density at radius 2 is 1.54 bits per heavy atom. The van der Waals surface area contributed by atoms with Crippen LogP contribution in [0.2, 0.25) is 0 Å². The van der Waals surface area contributed by atoms with Gasteiger partial charge in [-0.3, -0.25) is 9.59 Å². The van der Waals surface area contributed by atoms with Crippen LogP contribution in [0.15, 0.2) is 78.9 Å². The van der Waals surface area contributed by atoms with Gasteiger partial charge in [-0.2, -0.15) is 0 Å². The summed E-state index contributed by atoms with van der Waals surface area (Å²) in [5.74, 6) is -1.41. The predicted octanol–water partition coefficient (Wildman–Crippen LogP) is 5.07. The zero-order valence-corrected chi connectivity index (χ0v) is 23.4. The van der Waals surface area contributed by atoms with Crippen molar-refractivity contribution in [2.24, 2.45) is 11.8 Å². The highest BCUT2D eigenvalue weighted by Gasteiger charge is 2.39. The first-order chi connectivity index (χ1) is 19.8. The van der Waals surface area contributed by atoms with Crippen LogP contribution in [0.3, 0.4) is 0 Å². The number of likely N-dealkylation sites (tertiary alicyclic amines) is 1. The summed E-state index contributed by atoms with van der Waals surface area (Å²) < 4.78 is 11.8. The second kappa shape index (κ2) is 12.6. The molecule has 0 radical (unpaired) electrons. The minimum absolute atomic E-state index is 0.00448. The predicted molar refractivity (Wildman–Crippen MR) is 154 cm³/mol. The van der Waals surface area contributed by atoms with E-state index in [2.05, 4.69) is 29.6 Å². The lowest BCUT2D eigenvalue weighted by atomic mass is 9.95. The molecule has 5 rings (SSSR count). The highest BCUT2D eigenvalue weighted by atomic mass is 16.5. The third kappa shape index (κ3) is 6.43. The van der Waals surface area contributed by atoms with Crippen molar-refractivity contribution in [3.05, 3.63) is 95.6 Å². The summed E-state index contributed by atoms with van der Waals surface area (Å²) in [5.41, 5.74) is 5.41. The minimum Gasteiger partial charge on any atom is -0.481 e. The summed E-state index contributed by atoms with van der Waals surface area (Å²) in [7, 11) is 0. The van der Waals surface area contributed by atoms with Gasteiger partial charge in [0.05, 0.1) is 19.1 Å². The molecule has 0 spiro atoms. The van der Waals surface area contributed by atoms with Crippen LogP contribution in [0.1, 0.15) is 42.9 Å². The molecule has 2 amide bonds. The van der Waals surface area contributed by atoms with Crippen LogP contribution < -0.4 is 5.32 Å². The third-order valence-electron chi connectivity index (χ3n) is 8.22. The fourth-order valence-corrected chi connectivity index (χ4v) is 5.95. The molecule has 0 saturated carbocycles. The van der Waals surface area contributed by atoms with E-state index in [-0.39, 0.29) is 43.3 Å². The number of benzene rings is 3. The van der Waals surface area contributed by atoms with E-state index in [9.17, 15) is 19.5 Å². The lowest BCUT2D eigenvalue weighted by molar-refractivity contribution is -0.139. The summed E-state index contributed by atoms with van der Waals surface area (Å²) in [6.07, 6.45) is -1.36. The van der Waals surface area contributed by atoms with E-state index in [4.69, 9.17) is 9.47 Å². The van der Waals surface area contributed by atoms with Crippen molar-refractivity contribution in [2.45, 2.75) is 44.9 Å². The first-order valence-corrected chi connectivity index (χ1v) is 14.1. The Labute approximate surface area is 240 Å². The van der Waals surface area contributed by atoms with E-state index >= 15 is 0 Å². The van der Waals surface area contributed by atoms with Crippen molar-refractivity contribution in [1.29, 1.82) is 0 Å². The quantitative estimate of drug-likeness (QED) is 0.361. The zero-order chi connectivity index (χ0) is 28.9. The maximum atomic E-state index is 13.7. The second-order valence-corrected chi connectivity index (χ2v) is 11.0. The molecule has 4 atom stereocenters. The number of nitrogens with zero attached hydrogens (tertiary/aromatic N) is 1. The third-order valence-corrected chi connectivity index (χ3v) is 8.22. The SMILES string of the molecule is CC(OCc1ccccc1)C(NC(=O)OCC1c2ccccc2-c2ccccc21)C(=O)N1C[C@@H](CC(=O)O)[C@H](C)C1. The van der Waals surface area contributed by atoms with E-state index in [1.54, 1.807) is 11.8 Å². The number of carboxylic acid groups (broad SMARTS) is 1. The summed E-state index contributed by atoms with van der Waals surface area (Å²) in [5, 5.41) is 12.1. The topological polar surface area (TPSA) is 105 Å². The van der Waals surface area contributed by atoms with Gasteiger partial charge >= 0.3 is 12.1 Å². The Morgan fingerprint density at radius 3 is 2.17 bits per heavy atom. The van der Waals surface area contributed by atoms with Gasteiger partial charge in [-0.1, -0.05) is 85.8 Å². The van der Waals surface area contributed by atoms with Gasteiger partial charge in [0.1, 0.15) is 12.6 Å². The molecular weight excluding hydrogens is 520 g/mol.